The molecular formula is C18H20N6O4. The van der Waals surface area contributed by atoms with E-state index in [0.717, 1.165) is 5.69 Å². The van der Waals surface area contributed by atoms with Gasteiger partial charge in [0.05, 0.1) is 40.3 Å². The number of benzene rings is 1. The van der Waals surface area contributed by atoms with Crippen LogP contribution in [0.25, 0.3) is 0 Å². The summed E-state index contributed by atoms with van der Waals surface area (Å²) in [7, 11) is 6.11. The molecule has 0 aliphatic heterocycles. The molecule has 3 aromatic rings. The van der Waals surface area contributed by atoms with Gasteiger partial charge in [-0.05, 0) is 12.1 Å². The number of nitrogens with zero attached hydrogens (tertiary/aromatic N) is 4. The lowest BCUT2D eigenvalue weighted by atomic mass is 10.2. The van der Waals surface area contributed by atoms with Crippen LogP contribution in [0.5, 0.6) is 23.3 Å². The maximum Gasteiger partial charge on any atom is 0.322 e. The highest BCUT2D eigenvalue weighted by atomic mass is 16.5. The van der Waals surface area contributed by atoms with E-state index >= 15 is 0 Å². The summed E-state index contributed by atoms with van der Waals surface area (Å²) in [5.74, 6) is 2.06. The van der Waals surface area contributed by atoms with Crippen LogP contribution >= 0.6 is 0 Å². The molecule has 0 bridgehead atoms. The predicted molar refractivity (Wildman–Crippen MR) is 103 cm³/mol. The van der Waals surface area contributed by atoms with Crippen molar-refractivity contribution in [2.75, 3.05) is 39.1 Å². The Balaban J connectivity index is 1.92. The van der Waals surface area contributed by atoms with E-state index < -0.39 is 0 Å². The Morgan fingerprint density at radius 1 is 0.750 bits per heavy atom. The van der Waals surface area contributed by atoms with Crippen molar-refractivity contribution >= 4 is 23.3 Å². The van der Waals surface area contributed by atoms with Crippen molar-refractivity contribution in [3.05, 3.63) is 36.7 Å². The van der Waals surface area contributed by atoms with Crippen LogP contribution in [0.4, 0.5) is 23.3 Å². The third-order valence-corrected chi connectivity index (χ3v) is 3.64. The highest BCUT2D eigenvalue weighted by Crippen LogP contribution is 2.40. The van der Waals surface area contributed by atoms with Crippen LogP contribution in [-0.4, -0.2) is 48.4 Å². The van der Waals surface area contributed by atoms with Gasteiger partial charge in [0.25, 0.3) is 0 Å². The molecule has 2 N–H and O–H groups in total. The van der Waals surface area contributed by atoms with Crippen molar-refractivity contribution < 1.29 is 18.9 Å². The lowest BCUT2D eigenvalue weighted by Crippen LogP contribution is -2.06. The fraction of sp³-hybridized carbons (Fsp3) is 0.222. The topological polar surface area (TPSA) is 113 Å². The standard InChI is InChI=1S/C18H20N6O4/c1-25-13-8-12(9-14(26-2)15(13)27-3)21-17-22-16(23-18(24-17)28-4)20-11-6-5-7-19-10-11/h5-10H,1-4H3,(H2,20,21,22,23,24). The van der Waals surface area contributed by atoms with E-state index in [-0.39, 0.29) is 12.0 Å². The quantitative estimate of drug-likeness (QED) is 0.601. The van der Waals surface area contributed by atoms with Crippen LogP contribution in [0.1, 0.15) is 0 Å². The highest BCUT2D eigenvalue weighted by Gasteiger charge is 2.15. The molecule has 0 saturated heterocycles. The van der Waals surface area contributed by atoms with Crippen LogP contribution < -0.4 is 29.6 Å². The second-order valence-corrected chi connectivity index (χ2v) is 5.38. The van der Waals surface area contributed by atoms with Crippen LogP contribution in [0.3, 0.4) is 0 Å². The average Bonchev–Trinajstić information content (AvgIpc) is 2.73. The minimum Gasteiger partial charge on any atom is -0.493 e. The number of rotatable bonds is 8. The van der Waals surface area contributed by atoms with Crippen LogP contribution in [0.15, 0.2) is 36.7 Å². The van der Waals surface area contributed by atoms with E-state index in [0.29, 0.717) is 28.9 Å². The Morgan fingerprint density at radius 2 is 1.39 bits per heavy atom. The molecule has 10 nitrogen and oxygen atoms in total. The van der Waals surface area contributed by atoms with E-state index in [9.17, 15) is 0 Å². The van der Waals surface area contributed by atoms with Gasteiger partial charge in [-0.25, -0.2) is 0 Å². The number of pyridine rings is 1. The van der Waals surface area contributed by atoms with Gasteiger partial charge in [-0.3, -0.25) is 4.98 Å². The Labute approximate surface area is 161 Å². The van der Waals surface area contributed by atoms with Crippen molar-refractivity contribution in [1.82, 2.24) is 19.9 Å². The van der Waals surface area contributed by atoms with E-state index in [1.807, 2.05) is 6.07 Å². The van der Waals surface area contributed by atoms with Gasteiger partial charge in [0.2, 0.25) is 17.6 Å². The second-order valence-electron chi connectivity index (χ2n) is 5.38. The van der Waals surface area contributed by atoms with E-state index in [2.05, 4.69) is 30.6 Å². The molecule has 0 aliphatic rings. The molecule has 2 heterocycles. The zero-order valence-corrected chi connectivity index (χ0v) is 15.9. The summed E-state index contributed by atoms with van der Waals surface area (Å²) in [6, 6.07) is 7.28. The maximum atomic E-state index is 5.36. The van der Waals surface area contributed by atoms with E-state index in [1.54, 1.807) is 51.9 Å². The molecule has 0 spiro atoms. The Morgan fingerprint density at radius 3 is 1.89 bits per heavy atom. The minimum atomic E-state index is 0.149. The molecule has 0 amide bonds. The van der Waals surface area contributed by atoms with Crippen molar-refractivity contribution in [3.8, 4) is 23.3 Å². The van der Waals surface area contributed by atoms with Gasteiger partial charge in [-0.2, -0.15) is 15.0 Å². The fourth-order valence-electron chi connectivity index (χ4n) is 2.41. The molecule has 2 aromatic heterocycles. The van der Waals surface area contributed by atoms with Crippen molar-refractivity contribution in [2.45, 2.75) is 0 Å². The lowest BCUT2D eigenvalue weighted by Gasteiger charge is -2.15. The van der Waals surface area contributed by atoms with Crippen molar-refractivity contribution in [1.29, 1.82) is 0 Å². The number of hydrogen-bond donors (Lipinski definition) is 2. The van der Waals surface area contributed by atoms with Gasteiger partial charge in [-0.15, -0.1) is 0 Å². The minimum absolute atomic E-state index is 0.149. The molecule has 10 heteroatoms. The van der Waals surface area contributed by atoms with Crippen LogP contribution in [-0.2, 0) is 0 Å². The highest BCUT2D eigenvalue weighted by molar-refractivity contribution is 5.66. The molecule has 0 saturated carbocycles. The van der Waals surface area contributed by atoms with Crippen LogP contribution in [0, 0.1) is 0 Å². The Bertz CT molecular complexity index is 914. The average molecular weight is 384 g/mol. The molecule has 0 aliphatic carbocycles. The fourth-order valence-corrected chi connectivity index (χ4v) is 2.41. The third-order valence-electron chi connectivity index (χ3n) is 3.64. The zero-order chi connectivity index (χ0) is 19.9. The maximum absolute atomic E-state index is 5.36. The molecule has 0 radical (unpaired) electrons. The van der Waals surface area contributed by atoms with Gasteiger partial charge < -0.3 is 29.6 Å². The number of nitrogens with one attached hydrogen (secondary N) is 2. The lowest BCUT2D eigenvalue weighted by molar-refractivity contribution is 0.324. The van der Waals surface area contributed by atoms with E-state index in [1.165, 1.54) is 7.11 Å². The summed E-state index contributed by atoms with van der Waals surface area (Å²) in [5.41, 5.74) is 1.37. The summed E-state index contributed by atoms with van der Waals surface area (Å²) in [5, 5.41) is 6.15. The number of ether oxygens (including phenoxy) is 4. The molecule has 146 valence electrons. The van der Waals surface area contributed by atoms with Crippen molar-refractivity contribution in [2.24, 2.45) is 0 Å². The molecule has 0 unspecified atom stereocenters. The normalized spacial score (nSPS) is 10.1. The smallest absolute Gasteiger partial charge is 0.322 e. The first-order chi connectivity index (χ1) is 13.7. The molecule has 0 atom stereocenters. The van der Waals surface area contributed by atoms with Crippen molar-refractivity contribution in [3.63, 3.8) is 0 Å². The Hall–Kier alpha value is -3.82. The molecule has 3 rings (SSSR count). The predicted octanol–water partition coefficient (Wildman–Crippen LogP) is 2.79. The first-order valence-corrected chi connectivity index (χ1v) is 8.21. The summed E-state index contributed by atoms with van der Waals surface area (Å²) in [6.07, 6.45) is 3.33. The number of aromatic nitrogens is 4. The number of methoxy groups -OCH3 is 4. The van der Waals surface area contributed by atoms with Gasteiger partial charge in [-0.1, -0.05) is 0 Å². The summed E-state index contributed by atoms with van der Waals surface area (Å²) < 4.78 is 21.2. The SMILES string of the molecule is COc1nc(Nc2cccnc2)nc(Nc2cc(OC)c(OC)c(OC)c2)n1. The van der Waals surface area contributed by atoms with Gasteiger partial charge >= 0.3 is 6.01 Å². The van der Waals surface area contributed by atoms with Gasteiger partial charge in [0, 0.05) is 24.0 Å². The third kappa shape index (κ3) is 4.29. The second kappa shape index (κ2) is 8.71. The summed E-state index contributed by atoms with van der Waals surface area (Å²) in [6.45, 7) is 0. The molecule has 28 heavy (non-hydrogen) atoms. The van der Waals surface area contributed by atoms with E-state index in [4.69, 9.17) is 18.9 Å². The van der Waals surface area contributed by atoms with Gasteiger partial charge in [0.1, 0.15) is 0 Å². The van der Waals surface area contributed by atoms with Gasteiger partial charge in [0.15, 0.2) is 11.5 Å². The molecule has 1 aromatic carbocycles. The van der Waals surface area contributed by atoms with Crippen LogP contribution in [0.2, 0.25) is 0 Å². The molecule has 0 fully saturated rings. The monoisotopic (exact) mass is 384 g/mol. The number of hydrogen-bond acceptors (Lipinski definition) is 10. The summed E-state index contributed by atoms with van der Waals surface area (Å²) >= 11 is 0. The Kier molecular flexibility index (Phi) is 5.90. The largest absolute Gasteiger partial charge is 0.493 e. The first kappa shape index (κ1) is 19.0. The first-order valence-electron chi connectivity index (χ1n) is 8.21. The zero-order valence-electron chi connectivity index (χ0n) is 15.9. The summed E-state index contributed by atoms with van der Waals surface area (Å²) in [4.78, 5) is 16.8. The number of anilines is 4. The molecular weight excluding hydrogens is 364 g/mol.